The first-order valence-corrected chi connectivity index (χ1v) is 5.00. The molecule has 0 unspecified atom stereocenters. The van der Waals surface area contributed by atoms with Crippen LogP contribution < -0.4 is 5.56 Å². The number of aromatic carboxylic acids is 1. The van der Waals surface area contributed by atoms with Crippen molar-refractivity contribution in [1.82, 2.24) is 4.98 Å². The van der Waals surface area contributed by atoms with Crippen molar-refractivity contribution in [2.24, 2.45) is 0 Å². The van der Waals surface area contributed by atoms with Gasteiger partial charge in [0.05, 0.1) is 10.5 Å². The van der Waals surface area contributed by atoms with Crippen molar-refractivity contribution >= 4 is 40.1 Å². The van der Waals surface area contributed by atoms with Gasteiger partial charge in [0.15, 0.2) is 0 Å². The van der Waals surface area contributed by atoms with E-state index in [-0.39, 0.29) is 10.6 Å². The Bertz CT molecular complexity index is 648. The molecule has 82 valence electrons. The molecule has 0 saturated carbocycles. The molecule has 16 heavy (non-hydrogen) atoms. The van der Waals surface area contributed by atoms with Gasteiger partial charge in [-0.2, -0.15) is 0 Å². The lowest BCUT2D eigenvalue weighted by Gasteiger charge is -2.02. The number of hydrogen-bond donors (Lipinski definition) is 2. The minimum absolute atomic E-state index is 0.275. The monoisotopic (exact) mass is 257 g/mol. The lowest BCUT2D eigenvalue weighted by atomic mass is 10.1. The highest BCUT2D eigenvalue weighted by Gasteiger charge is 2.11. The van der Waals surface area contributed by atoms with Crippen molar-refractivity contribution in [2.75, 3.05) is 0 Å². The Kier molecular flexibility index (Phi) is 2.61. The Hall–Kier alpha value is -1.52. The smallest absolute Gasteiger partial charge is 0.341 e. The summed E-state index contributed by atoms with van der Waals surface area (Å²) in [7, 11) is 0. The molecule has 0 radical (unpaired) electrons. The van der Waals surface area contributed by atoms with E-state index in [4.69, 9.17) is 28.3 Å². The minimum atomic E-state index is -1.29. The molecular formula is C10H5Cl2NO3. The van der Waals surface area contributed by atoms with Gasteiger partial charge in [0, 0.05) is 10.4 Å². The molecule has 0 spiro atoms. The fourth-order valence-corrected chi connectivity index (χ4v) is 1.96. The van der Waals surface area contributed by atoms with Crippen molar-refractivity contribution in [3.05, 3.63) is 44.2 Å². The van der Waals surface area contributed by atoms with Crippen LogP contribution in [0.4, 0.5) is 0 Å². The molecule has 2 rings (SSSR count). The van der Waals surface area contributed by atoms with Gasteiger partial charge in [-0.25, -0.2) is 4.79 Å². The zero-order valence-electron chi connectivity index (χ0n) is 7.75. The third kappa shape index (κ3) is 1.77. The highest BCUT2D eigenvalue weighted by molar-refractivity contribution is 6.38. The summed E-state index contributed by atoms with van der Waals surface area (Å²) in [4.78, 5) is 24.5. The molecule has 0 amide bonds. The molecule has 0 fully saturated rings. The minimum Gasteiger partial charge on any atom is -0.477 e. The summed E-state index contributed by atoms with van der Waals surface area (Å²) in [6.07, 6.45) is 0. The Balaban J connectivity index is 2.90. The van der Waals surface area contributed by atoms with E-state index in [1.165, 1.54) is 18.2 Å². The molecule has 0 saturated heterocycles. The first-order valence-electron chi connectivity index (χ1n) is 4.24. The van der Waals surface area contributed by atoms with E-state index in [1.807, 2.05) is 0 Å². The highest BCUT2D eigenvalue weighted by atomic mass is 35.5. The van der Waals surface area contributed by atoms with Crippen LogP contribution in [-0.4, -0.2) is 16.1 Å². The standard InChI is InChI=1S/C10H5Cl2NO3/c11-5-1-4-2-6(10(15)16)9(14)13-8(4)7(12)3-5/h1-3H,(H,13,14)(H,15,16). The number of benzene rings is 1. The molecule has 1 aromatic heterocycles. The molecule has 2 N–H and O–H groups in total. The number of aromatic nitrogens is 1. The van der Waals surface area contributed by atoms with E-state index >= 15 is 0 Å². The zero-order valence-corrected chi connectivity index (χ0v) is 9.26. The lowest BCUT2D eigenvalue weighted by molar-refractivity contribution is 0.0695. The van der Waals surface area contributed by atoms with E-state index in [0.29, 0.717) is 15.9 Å². The molecule has 6 heteroatoms. The number of aromatic amines is 1. The second-order valence-electron chi connectivity index (χ2n) is 3.17. The molecule has 0 aliphatic rings. The van der Waals surface area contributed by atoms with Crippen LogP contribution in [0.5, 0.6) is 0 Å². The maximum atomic E-state index is 11.4. The van der Waals surface area contributed by atoms with Crippen LogP contribution in [0.15, 0.2) is 23.0 Å². The van der Waals surface area contributed by atoms with Gasteiger partial charge < -0.3 is 10.1 Å². The fraction of sp³-hybridized carbons (Fsp3) is 0. The van der Waals surface area contributed by atoms with Crippen molar-refractivity contribution in [3.8, 4) is 0 Å². The van der Waals surface area contributed by atoms with Crippen LogP contribution in [0.2, 0.25) is 10.0 Å². The summed E-state index contributed by atoms with van der Waals surface area (Å²) in [6, 6.07) is 4.25. The Morgan fingerprint density at radius 2 is 1.94 bits per heavy atom. The molecule has 0 atom stereocenters. The first-order chi connectivity index (χ1) is 7.49. The molecule has 1 heterocycles. The summed E-state index contributed by atoms with van der Waals surface area (Å²) in [5.41, 5.74) is -0.656. The van der Waals surface area contributed by atoms with Gasteiger partial charge in [0.2, 0.25) is 0 Å². The van der Waals surface area contributed by atoms with E-state index in [9.17, 15) is 9.59 Å². The number of rotatable bonds is 1. The van der Waals surface area contributed by atoms with Gasteiger partial charge in [0.1, 0.15) is 5.56 Å². The van der Waals surface area contributed by atoms with Crippen LogP contribution in [0, 0.1) is 0 Å². The summed E-state index contributed by atoms with van der Waals surface area (Å²) in [6.45, 7) is 0. The van der Waals surface area contributed by atoms with Crippen molar-refractivity contribution in [2.45, 2.75) is 0 Å². The quantitative estimate of drug-likeness (QED) is 0.825. The average Bonchev–Trinajstić information content (AvgIpc) is 2.18. The van der Waals surface area contributed by atoms with Gasteiger partial charge in [-0.15, -0.1) is 0 Å². The number of hydrogen-bond acceptors (Lipinski definition) is 2. The second kappa shape index (κ2) is 3.81. The van der Waals surface area contributed by atoms with E-state index in [1.54, 1.807) is 0 Å². The summed E-state index contributed by atoms with van der Waals surface area (Å²) < 4.78 is 0. The topological polar surface area (TPSA) is 70.2 Å². The van der Waals surface area contributed by atoms with Crippen molar-refractivity contribution in [1.29, 1.82) is 0 Å². The van der Waals surface area contributed by atoms with Crippen molar-refractivity contribution in [3.63, 3.8) is 0 Å². The lowest BCUT2D eigenvalue weighted by Crippen LogP contribution is -2.17. The summed E-state index contributed by atoms with van der Waals surface area (Å²) in [5, 5.41) is 9.91. The third-order valence-corrected chi connectivity index (χ3v) is 2.62. The molecule has 1 aromatic carbocycles. The van der Waals surface area contributed by atoms with Crippen LogP contribution in [-0.2, 0) is 0 Å². The van der Waals surface area contributed by atoms with Crippen LogP contribution in [0.25, 0.3) is 10.9 Å². The number of carbonyl (C=O) groups is 1. The van der Waals surface area contributed by atoms with Crippen molar-refractivity contribution < 1.29 is 9.90 Å². The first kappa shape index (κ1) is 11.0. The van der Waals surface area contributed by atoms with Gasteiger partial charge in [0.25, 0.3) is 5.56 Å². The molecular weight excluding hydrogens is 253 g/mol. The van der Waals surface area contributed by atoms with Gasteiger partial charge in [-0.3, -0.25) is 4.79 Å². The van der Waals surface area contributed by atoms with Crippen LogP contribution in [0.3, 0.4) is 0 Å². The molecule has 0 bridgehead atoms. The number of pyridine rings is 1. The number of H-pyrrole nitrogens is 1. The number of carboxylic acid groups (broad SMARTS) is 1. The highest BCUT2D eigenvalue weighted by Crippen LogP contribution is 2.25. The van der Waals surface area contributed by atoms with E-state index in [2.05, 4.69) is 4.98 Å². The van der Waals surface area contributed by atoms with Gasteiger partial charge in [-0.1, -0.05) is 23.2 Å². The van der Waals surface area contributed by atoms with Gasteiger partial charge in [-0.05, 0) is 18.2 Å². The largest absolute Gasteiger partial charge is 0.477 e. The maximum Gasteiger partial charge on any atom is 0.341 e. The normalized spacial score (nSPS) is 10.6. The van der Waals surface area contributed by atoms with Crippen LogP contribution >= 0.6 is 23.2 Å². The average molecular weight is 258 g/mol. The second-order valence-corrected chi connectivity index (χ2v) is 4.01. The Morgan fingerprint density at radius 3 is 2.56 bits per heavy atom. The number of fused-ring (bicyclic) bond motifs is 1. The SMILES string of the molecule is O=C(O)c1cc2cc(Cl)cc(Cl)c2[nH]c1=O. The maximum absolute atomic E-state index is 11.4. The molecule has 0 aliphatic heterocycles. The van der Waals surface area contributed by atoms with E-state index < -0.39 is 11.5 Å². The third-order valence-electron chi connectivity index (χ3n) is 2.10. The predicted molar refractivity (Wildman–Crippen MR) is 61.5 cm³/mol. The van der Waals surface area contributed by atoms with Gasteiger partial charge >= 0.3 is 5.97 Å². The van der Waals surface area contributed by atoms with E-state index in [0.717, 1.165) is 0 Å². The summed E-state index contributed by atoms with van der Waals surface area (Å²) >= 11 is 11.6. The Morgan fingerprint density at radius 1 is 1.25 bits per heavy atom. The fourth-order valence-electron chi connectivity index (χ4n) is 1.40. The van der Waals surface area contributed by atoms with Crippen LogP contribution in [0.1, 0.15) is 10.4 Å². The Labute approximate surface area is 99.4 Å². The number of carboxylic acids is 1. The molecule has 2 aromatic rings. The number of nitrogens with one attached hydrogen (secondary N) is 1. The predicted octanol–water partition coefficient (Wildman–Crippen LogP) is 2.53. The number of halogens is 2. The summed E-state index contributed by atoms with van der Waals surface area (Å²) in [5.74, 6) is -1.29. The zero-order chi connectivity index (χ0) is 11.9. The molecule has 4 nitrogen and oxygen atoms in total. The molecule has 0 aliphatic carbocycles.